The molecular weight excluding hydrogens is 258 g/mol. The Balaban J connectivity index is 1.36. The fourth-order valence-corrected chi connectivity index (χ4v) is 6.98. The molecule has 0 amide bonds. The van der Waals surface area contributed by atoms with Crippen molar-refractivity contribution in [3.63, 3.8) is 0 Å². The summed E-state index contributed by atoms with van der Waals surface area (Å²) in [5.74, 6) is 2.00. The molecule has 0 aromatic carbocycles. The molecule has 4 bridgehead atoms. The van der Waals surface area contributed by atoms with Crippen LogP contribution >= 0.6 is 0 Å². The monoisotopic (exact) mass is 291 g/mol. The van der Waals surface area contributed by atoms with Crippen molar-refractivity contribution in [2.75, 3.05) is 6.61 Å². The molecule has 5 rings (SSSR count). The molecule has 5 fully saturated rings. The van der Waals surface area contributed by atoms with Gasteiger partial charge in [-0.2, -0.15) is 0 Å². The first-order chi connectivity index (χ1) is 10.1. The lowest BCUT2D eigenvalue weighted by atomic mass is 9.43. The van der Waals surface area contributed by atoms with Gasteiger partial charge in [-0.1, -0.05) is 6.92 Å². The van der Waals surface area contributed by atoms with Crippen LogP contribution in [0.4, 0.5) is 0 Å². The van der Waals surface area contributed by atoms with Crippen molar-refractivity contribution < 1.29 is 4.74 Å². The first-order valence-corrected chi connectivity index (χ1v) is 9.44. The molecule has 0 radical (unpaired) electrons. The van der Waals surface area contributed by atoms with Crippen LogP contribution in [0.25, 0.3) is 0 Å². The van der Waals surface area contributed by atoms with Crippen LogP contribution in [0, 0.1) is 22.7 Å². The zero-order valence-electron chi connectivity index (χ0n) is 13.8. The molecular formula is C19H33NO. The smallest absolute Gasteiger partial charge is 0.0576 e. The minimum absolute atomic E-state index is 0.448. The van der Waals surface area contributed by atoms with Crippen LogP contribution in [0.1, 0.15) is 77.6 Å². The van der Waals surface area contributed by atoms with E-state index in [0.29, 0.717) is 23.0 Å². The Morgan fingerprint density at radius 2 is 1.95 bits per heavy atom. The molecule has 1 heterocycles. The Bertz CT molecular complexity index is 373. The zero-order chi connectivity index (χ0) is 14.5. The van der Waals surface area contributed by atoms with Gasteiger partial charge in [0.05, 0.1) is 6.10 Å². The van der Waals surface area contributed by atoms with Gasteiger partial charge >= 0.3 is 0 Å². The van der Waals surface area contributed by atoms with Gasteiger partial charge in [-0.3, -0.25) is 0 Å². The summed E-state index contributed by atoms with van der Waals surface area (Å²) < 4.78 is 5.76. The highest BCUT2D eigenvalue weighted by Gasteiger charge is 2.57. The van der Waals surface area contributed by atoms with Crippen molar-refractivity contribution in [2.24, 2.45) is 28.4 Å². The highest BCUT2D eigenvalue weighted by Crippen LogP contribution is 2.66. The fourth-order valence-electron chi connectivity index (χ4n) is 6.98. The zero-order valence-corrected chi connectivity index (χ0v) is 13.8. The summed E-state index contributed by atoms with van der Waals surface area (Å²) >= 11 is 0. The van der Waals surface area contributed by atoms with Crippen LogP contribution in [0.15, 0.2) is 0 Å². The summed E-state index contributed by atoms with van der Waals surface area (Å²) in [6.45, 7) is 3.54. The third-order valence-electron chi connectivity index (χ3n) is 7.25. The molecule has 1 saturated heterocycles. The lowest BCUT2D eigenvalue weighted by Crippen LogP contribution is -2.57. The Morgan fingerprint density at radius 3 is 2.57 bits per heavy atom. The van der Waals surface area contributed by atoms with E-state index in [2.05, 4.69) is 6.92 Å². The number of nitrogens with two attached hydrogens (primary N) is 1. The van der Waals surface area contributed by atoms with Gasteiger partial charge in [0.15, 0.2) is 0 Å². The number of hydrogen-bond acceptors (Lipinski definition) is 2. The molecule has 2 nitrogen and oxygen atoms in total. The van der Waals surface area contributed by atoms with Gasteiger partial charge < -0.3 is 10.5 Å². The van der Waals surface area contributed by atoms with Gasteiger partial charge in [0.1, 0.15) is 0 Å². The standard InChI is InChI=1S/C19H33NO/c1-18-9-14-8-15(10-18)12-19(11-14,13-18)17(20)6-2-4-16-5-3-7-21-16/h14-17H,2-13,20H2,1H3. The van der Waals surface area contributed by atoms with Crippen LogP contribution in [0.5, 0.6) is 0 Å². The van der Waals surface area contributed by atoms with Crippen LogP contribution in [-0.4, -0.2) is 18.8 Å². The summed E-state index contributed by atoms with van der Waals surface area (Å²) in [5, 5.41) is 0. The summed E-state index contributed by atoms with van der Waals surface area (Å²) in [4.78, 5) is 0. The van der Waals surface area contributed by atoms with Gasteiger partial charge in [-0.15, -0.1) is 0 Å². The Morgan fingerprint density at radius 1 is 1.19 bits per heavy atom. The van der Waals surface area contributed by atoms with Gasteiger partial charge in [0.25, 0.3) is 0 Å². The molecule has 1 aliphatic heterocycles. The third-order valence-corrected chi connectivity index (χ3v) is 7.25. The highest BCUT2D eigenvalue weighted by atomic mass is 16.5. The molecule has 2 heteroatoms. The Kier molecular flexibility index (Phi) is 3.61. The van der Waals surface area contributed by atoms with Gasteiger partial charge in [-0.25, -0.2) is 0 Å². The maximum absolute atomic E-state index is 6.78. The largest absolute Gasteiger partial charge is 0.378 e. The lowest BCUT2D eigenvalue weighted by molar-refractivity contribution is -0.114. The molecule has 4 atom stereocenters. The average molecular weight is 291 g/mol. The second-order valence-corrected chi connectivity index (χ2v) is 9.31. The average Bonchev–Trinajstić information content (AvgIpc) is 2.88. The van der Waals surface area contributed by atoms with Crippen LogP contribution in [0.2, 0.25) is 0 Å². The second-order valence-electron chi connectivity index (χ2n) is 9.31. The lowest BCUT2D eigenvalue weighted by Gasteiger charge is -2.63. The molecule has 5 aliphatic rings. The molecule has 4 aliphatic carbocycles. The number of rotatable bonds is 5. The number of ether oxygens (including phenoxy) is 1. The van der Waals surface area contributed by atoms with Gasteiger partial charge in [-0.05, 0) is 93.3 Å². The molecule has 4 saturated carbocycles. The Hall–Kier alpha value is -0.0800. The number of hydrogen-bond donors (Lipinski definition) is 1. The molecule has 0 aromatic rings. The van der Waals surface area contributed by atoms with Crippen LogP contribution in [-0.2, 0) is 4.74 Å². The quantitative estimate of drug-likeness (QED) is 0.821. The molecule has 0 spiro atoms. The SMILES string of the molecule is CC12CC3CC(C1)CC(C(N)CCCC1CCCO1)(C3)C2. The Labute approximate surface area is 130 Å². The minimum atomic E-state index is 0.448. The summed E-state index contributed by atoms with van der Waals surface area (Å²) in [6, 6.07) is 0.448. The van der Waals surface area contributed by atoms with E-state index in [1.165, 1.54) is 70.6 Å². The van der Waals surface area contributed by atoms with Crippen molar-refractivity contribution >= 4 is 0 Å². The van der Waals surface area contributed by atoms with E-state index < -0.39 is 0 Å². The fraction of sp³-hybridized carbons (Fsp3) is 1.00. The van der Waals surface area contributed by atoms with E-state index in [-0.39, 0.29) is 0 Å². The van der Waals surface area contributed by atoms with E-state index in [1.807, 2.05) is 0 Å². The predicted octanol–water partition coefficient (Wildman–Crippen LogP) is 4.27. The first-order valence-electron chi connectivity index (χ1n) is 9.44. The normalized spacial score (nSPS) is 49.7. The van der Waals surface area contributed by atoms with Crippen molar-refractivity contribution in [3.8, 4) is 0 Å². The maximum atomic E-state index is 6.78. The highest BCUT2D eigenvalue weighted by molar-refractivity contribution is 5.09. The van der Waals surface area contributed by atoms with Crippen molar-refractivity contribution in [1.82, 2.24) is 0 Å². The van der Waals surface area contributed by atoms with E-state index in [4.69, 9.17) is 10.5 Å². The topological polar surface area (TPSA) is 35.2 Å². The van der Waals surface area contributed by atoms with Crippen molar-refractivity contribution in [3.05, 3.63) is 0 Å². The first kappa shape index (κ1) is 14.5. The summed E-state index contributed by atoms with van der Waals surface area (Å²) in [6.07, 6.45) is 15.7. The van der Waals surface area contributed by atoms with Crippen molar-refractivity contribution in [2.45, 2.75) is 89.7 Å². The molecule has 21 heavy (non-hydrogen) atoms. The molecule has 4 unspecified atom stereocenters. The van der Waals surface area contributed by atoms with Gasteiger partial charge in [0.2, 0.25) is 0 Å². The maximum Gasteiger partial charge on any atom is 0.0576 e. The van der Waals surface area contributed by atoms with Gasteiger partial charge in [0, 0.05) is 12.6 Å². The summed E-state index contributed by atoms with van der Waals surface area (Å²) in [5.41, 5.74) is 7.92. The third kappa shape index (κ3) is 2.67. The van der Waals surface area contributed by atoms with Crippen LogP contribution < -0.4 is 5.73 Å². The van der Waals surface area contributed by atoms with E-state index in [0.717, 1.165) is 18.4 Å². The summed E-state index contributed by atoms with van der Waals surface area (Å²) in [7, 11) is 0. The molecule has 0 aromatic heterocycles. The second kappa shape index (κ2) is 5.23. The van der Waals surface area contributed by atoms with Crippen LogP contribution in [0.3, 0.4) is 0 Å². The van der Waals surface area contributed by atoms with E-state index >= 15 is 0 Å². The minimum Gasteiger partial charge on any atom is -0.378 e. The van der Waals surface area contributed by atoms with Crippen molar-refractivity contribution in [1.29, 1.82) is 0 Å². The predicted molar refractivity (Wildman–Crippen MR) is 86.0 cm³/mol. The van der Waals surface area contributed by atoms with E-state index in [1.54, 1.807) is 0 Å². The molecule has 2 N–H and O–H groups in total. The van der Waals surface area contributed by atoms with E-state index in [9.17, 15) is 0 Å². The molecule has 120 valence electrons.